The Morgan fingerprint density at radius 3 is 2.95 bits per heavy atom. The van der Waals surface area contributed by atoms with E-state index in [1.807, 2.05) is 12.1 Å². The van der Waals surface area contributed by atoms with Crippen LogP contribution < -0.4 is 4.74 Å². The SMILES string of the molecule is N#Cc1cnc(COc2cccc(Br)n2)c(CCCO)c1. The van der Waals surface area contributed by atoms with Crippen LogP contribution in [0.4, 0.5) is 0 Å². The molecule has 108 valence electrons. The molecule has 0 amide bonds. The van der Waals surface area contributed by atoms with Crippen LogP contribution in [0.2, 0.25) is 0 Å². The van der Waals surface area contributed by atoms with E-state index in [0.717, 1.165) is 11.3 Å². The first-order valence-electron chi connectivity index (χ1n) is 6.47. The lowest BCUT2D eigenvalue weighted by Gasteiger charge is -2.10. The van der Waals surface area contributed by atoms with Gasteiger partial charge in [0.15, 0.2) is 0 Å². The first-order chi connectivity index (χ1) is 10.2. The van der Waals surface area contributed by atoms with Gasteiger partial charge in [0.2, 0.25) is 5.88 Å². The number of nitrogens with zero attached hydrogens (tertiary/aromatic N) is 3. The van der Waals surface area contributed by atoms with Gasteiger partial charge in [0.1, 0.15) is 17.3 Å². The molecule has 6 heteroatoms. The molecular weight excluding hydrogens is 334 g/mol. The molecule has 0 aliphatic rings. The van der Waals surface area contributed by atoms with Crippen molar-refractivity contribution in [3.05, 3.63) is 51.9 Å². The van der Waals surface area contributed by atoms with Crippen LogP contribution in [0.15, 0.2) is 35.1 Å². The summed E-state index contributed by atoms with van der Waals surface area (Å²) in [5.74, 6) is 0.503. The Kier molecular flexibility index (Phi) is 5.67. The van der Waals surface area contributed by atoms with Crippen molar-refractivity contribution in [2.75, 3.05) is 6.61 Å². The van der Waals surface area contributed by atoms with Crippen LogP contribution in [0.5, 0.6) is 5.88 Å². The smallest absolute Gasteiger partial charge is 0.214 e. The third-order valence-electron chi connectivity index (χ3n) is 2.84. The van der Waals surface area contributed by atoms with E-state index >= 15 is 0 Å². The van der Waals surface area contributed by atoms with Crippen molar-refractivity contribution in [1.82, 2.24) is 9.97 Å². The van der Waals surface area contributed by atoms with Crippen molar-refractivity contribution in [3.8, 4) is 11.9 Å². The number of aliphatic hydroxyl groups excluding tert-OH is 1. The normalized spacial score (nSPS) is 10.1. The lowest BCUT2D eigenvalue weighted by atomic mass is 10.1. The van der Waals surface area contributed by atoms with Crippen LogP contribution in [0.3, 0.4) is 0 Å². The molecule has 5 nitrogen and oxygen atoms in total. The van der Waals surface area contributed by atoms with Gasteiger partial charge in [0.05, 0.1) is 11.3 Å². The zero-order chi connectivity index (χ0) is 15.1. The van der Waals surface area contributed by atoms with Crippen molar-refractivity contribution in [1.29, 1.82) is 5.26 Å². The zero-order valence-electron chi connectivity index (χ0n) is 11.3. The number of nitriles is 1. The van der Waals surface area contributed by atoms with Crippen LogP contribution in [0.1, 0.15) is 23.2 Å². The lowest BCUT2D eigenvalue weighted by molar-refractivity contribution is 0.281. The highest BCUT2D eigenvalue weighted by Gasteiger charge is 2.07. The molecule has 0 saturated carbocycles. The maximum atomic E-state index is 8.95. The van der Waals surface area contributed by atoms with Gasteiger partial charge in [0.25, 0.3) is 0 Å². The summed E-state index contributed by atoms with van der Waals surface area (Å²) in [6.07, 6.45) is 2.80. The summed E-state index contributed by atoms with van der Waals surface area (Å²) in [7, 11) is 0. The van der Waals surface area contributed by atoms with Crippen molar-refractivity contribution in [3.63, 3.8) is 0 Å². The summed E-state index contributed by atoms with van der Waals surface area (Å²) >= 11 is 3.29. The van der Waals surface area contributed by atoms with Gasteiger partial charge in [-0.15, -0.1) is 0 Å². The van der Waals surface area contributed by atoms with Crippen molar-refractivity contribution >= 4 is 15.9 Å². The molecule has 21 heavy (non-hydrogen) atoms. The molecule has 0 saturated heterocycles. The Balaban J connectivity index is 2.13. The van der Waals surface area contributed by atoms with Crippen LogP contribution in [0, 0.1) is 11.3 Å². The monoisotopic (exact) mass is 347 g/mol. The van der Waals surface area contributed by atoms with E-state index in [1.165, 1.54) is 6.20 Å². The fraction of sp³-hybridized carbons (Fsp3) is 0.267. The van der Waals surface area contributed by atoms with Crippen LogP contribution in [-0.4, -0.2) is 21.7 Å². The Morgan fingerprint density at radius 1 is 1.38 bits per heavy atom. The quantitative estimate of drug-likeness (QED) is 0.812. The molecule has 0 aliphatic heterocycles. The topological polar surface area (TPSA) is 79.0 Å². The van der Waals surface area contributed by atoms with E-state index in [0.29, 0.717) is 28.9 Å². The Labute approximate surface area is 131 Å². The second kappa shape index (κ2) is 7.72. The van der Waals surface area contributed by atoms with Gasteiger partial charge < -0.3 is 9.84 Å². The van der Waals surface area contributed by atoms with Crippen molar-refractivity contribution in [2.45, 2.75) is 19.4 Å². The summed E-state index contributed by atoms with van der Waals surface area (Å²) in [5, 5.41) is 17.9. The Bertz CT molecular complexity index is 656. The fourth-order valence-corrected chi connectivity index (χ4v) is 2.16. The van der Waals surface area contributed by atoms with Gasteiger partial charge in [-0.2, -0.15) is 5.26 Å². The molecule has 2 aromatic rings. The highest BCUT2D eigenvalue weighted by molar-refractivity contribution is 9.10. The average Bonchev–Trinajstić information content (AvgIpc) is 2.51. The van der Waals surface area contributed by atoms with E-state index in [1.54, 1.807) is 12.1 Å². The molecule has 0 atom stereocenters. The minimum atomic E-state index is 0.101. The molecule has 2 aromatic heterocycles. The number of hydrogen-bond donors (Lipinski definition) is 1. The molecule has 0 unspecified atom stereocenters. The third kappa shape index (κ3) is 4.52. The number of aromatic nitrogens is 2. The van der Waals surface area contributed by atoms with Gasteiger partial charge >= 0.3 is 0 Å². The Hall–Kier alpha value is -1.97. The van der Waals surface area contributed by atoms with E-state index < -0.39 is 0 Å². The van der Waals surface area contributed by atoms with Gasteiger partial charge in [-0.1, -0.05) is 6.07 Å². The van der Waals surface area contributed by atoms with Crippen molar-refractivity contribution in [2.24, 2.45) is 0 Å². The number of ether oxygens (including phenoxy) is 1. The van der Waals surface area contributed by atoms with Gasteiger partial charge in [0, 0.05) is 18.9 Å². The number of rotatable bonds is 6. The predicted octanol–water partition coefficient (Wildman–Crippen LogP) is 2.61. The lowest BCUT2D eigenvalue weighted by Crippen LogP contribution is -2.05. The summed E-state index contributed by atoms with van der Waals surface area (Å²) in [4.78, 5) is 8.46. The molecule has 1 N–H and O–H groups in total. The molecule has 2 rings (SSSR count). The number of hydrogen-bond acceptors (Lipinski definition) is 5. The van der Waals surface area contributed by atoms with Crippen LogP contribution in [0.25, 0.3) is 0 Å². The number of pyridine rings is 2. The second-order valence-electron chi connectivity index (χ2n) is 4.36. The standard InChI is InChI=1S/C15H14BrN3O2/c16-14-4-1-5-15(19-14)21-10-13-12(3-2-6-20)7-11(8-17)9-18-13/h1,4-5,7,9,20H,2-3,6,10H2. The molecule has 0 radical (unpaired) electrons. The maximum Gasteiger partial charge on any atom is 0.214 e. The van der Waals surface area contributed by atoms with Gasteiger partial charge in [-0.3, -0.25) is 4.98 Å². The van der Waals surface area contributed by atoms with E-state index in [2.05, 4.69) is 32.0 Å². The minimum absolute atomic E-state index is 0.101. The first-order valence-corrected chi connectivity index (χ1v) is 7.26. The highest BCUT2D eigenvalue weighted by atomic mass is 79.9. The predicted molar refractivity (Wildman–Crippen MR) is 80.6 cm³/mol. The molecular formula is C15H14BrN3O2. The fourth-order valence-electron chi connectivity index (χ4n) is 1.83. The molecule has 0 fully saturated rings. The summed E-state index contributed by atoms with van der Waals surface area (Å²) in [6, 6.07) is 9.28. The first kappa shape index (κ1) is 15.4. The average molecular weight is 348 g/mol. The highest BCUT2D eigenvalue weighted by Crippen LogP contribution is 2.16. The van der Waals surface area contributed by atoms with Gasteiger partial charge in [-0.25, -0.2) is 4.98 Å². The number of halogens is 1. The summed E-state index contributed by atoms with van der Waals surface area (Å²) in [5.41, 5.74) is 2.18. The second-order valence-corrected chi connectivity index (χ2v) is 5.17. The summed E-state index contributed by atoms with van der Waals surface area (Å²) in [6.45, 7) is 0.375. The minimum Gasteiger partial charge on any atom is -0.471 e. The molecule has 2 heterocycles. The number of aliphatic hydroxyl groups is 1. The Morgan fingerprint density at radius 2 is 2.24 bits per heavy atom. The maximum absolute atomic E-state index is 8.95. The zero-order valence-corrected chi connectivity index (χ0v) is 12.9. The van der Waals surface area contributed by atoms with E-state index in [-0.39, 0.29) is 13.2 Å². The van der Waals surface area contributed by atoms with Gasteiger partial charge in [-0.05, 0) is 46.5 Å². The third-order valence-corrected chi connectivity index (χ3v) is 3.28. The van der Waals surface area contributed by atoms with Crippen LogP contribution in [-0.2, 0) is 13.0 Å². The van der Waals surface area contributed by atoms with Crippen molar-refractivity contribution < 1.29 is 9.84 Å². The molecule has 0 bridgehead atoms. The molecule has 0 aliphatic carbocycles. The van der Waals surface area contributed by atoms with E-state index in [9.17, 15) is 0 Å². The largest absolute Gasteiger partial charge is 0.471 e. The number of aryl methyl sites for hydroxylation is 1. The molecule has 0 spiro atoms. The summed E-state index contributed by atoms with van der Waals surface area (Å²) < 4.78 is 6.32. The van der Waals surface area contributed by atoms with E-state index in [4.69, 9.17) is 15.1 Å². The van der Waals surface area contributed by atoms with Crippen LogP contribution >= 0.6 is 15.9 Å². The molecule has 0 aromatic carbocycles.